The van der Waals surface area contributed by atoms with E-state index in [2.05, 4.69) is 0 Å². The number of carboxylic acids is 2. The van der Waals surface area contributed by atoms with Crippen molar-refractivity contribution in [3.63, 3.8) is 0 Å². The lowest BCUT2D eigenvalue weighted by molar-refractivity contribution is -0.173. The van der Waals surface area contributed by atoms with Crippen LogP contribution in [0, 0.1) is 56.2 Å². The van der Waals surface area contributed by atoms with Crippen LogP contribution in [-0.2, 0) is 28.7 Å². The molecule has 0 aromatic heterocycles. The summed E-state index contributed by atoms with van der Waals surface area (Å²) in [5, 5.41) is 51.6. The van der Waals surface area contributed by atoms with E-state index < -0.39 is 34.7 Å². The second-order valence-corrected chi connectivity index (χ2v) is 6.85. The van der Waals surface area contributed by atoms with Crippen LogP contribution in [0.25, 0.3) is 0 Å². The van der Waals surface area contributed by atoms with Crippen LogP contribution < -0.4 is 0 Å². The highest BCUT2D eigenvalue weighted by atomic mass is 16.6. The van der Waals surface area contributed by atoms with Crippen molar-refractivity contribution >= 4 is 23.9 Å². The Labute approximate surface area is 197 Å². The molecular weight excluding hydrogens is 448 g/mol. The Kier molecular flexibility index (Phi) is 16.4. The highest BCUT2D eigenvalue weighted by Crippen LogP contribution is 2.33. The average molecular weight is 476 g/mol. The molecule has 0 rings (SSSR count). The third-order valence-electron chi connectivity index (χ3n) is 4.81. The molecule has 0 unspecified atom stereocenters. The first-order chi connectivity index (χ1) is 16.1. The molecule has 0 saturated carbocycles. The van der Waals surface area contributed by atoms with E-state index in [1.165, 1.54) is 0 Å². The summed E-state index contributed by atoms with van der Waals surface area (Å²) in [6.45, 7) is 3.50. The van der Waals surface area contributed by atoms with Gasteiger partial charge in [-0.25, -0.2) is 0 Å². The molecule has 0 bridgehead atoms. The second kappa shape index (κ2) is 17.4. The molecule has 0 aliphatic carbocycles. The minimum Gasteiger partial charge on any atom is -0.480 e. The van der Waals surface area contributed by atoms with Gasteiger partial charge in [0.25, 0.3) is 0 Å². The molecule has 0 aliphatic heterocycles. The number of esters is 2. The van der Waals surface area contributed by atoms with Gasteiger partial charge in [0.15, 0.2) is 10.8 Å². The normalized spacial score (nSPS) is 10.1. The second-order valence-electron chi connectivity index (χ2n) is 6.85. The first-order valence-corrected chi connectivity index (χ1v) is 10.4. The maximum absolute atomic E-state index is 12.1. The van der Waals surface area contributed by atoms with Crippen LogP contribution in [0.1, 0.15) is 65.2 Å². The fourth-order valence-electron chi connectivity index (χ4n) is 2.88. The number of ether oxygens (including phenoxy) is 2. The molecule has 184 valence electrons. The molecule has 0 aromatic rings. The third kappa shape index (κ3) is 9.54. The van der Waals surface area contributed by atoms with Crippen LogP contribution in [0.5, 0.6) is 0 Å². The van der Waals surface area contributed by atoms with Crippen LogP contribution in [-0.4, -0.2) is 47.3 Å². The summed E-state index contributed by atoms with van der Waals surface area (Å²) in [6.07, 6.45) is -0.850. The first kappa shape index (κ1) is 32.0. The number of carbonyl (C=O) groups is 4. The van der Waals surface area contributed by atoms with Gasteiger partial charge in [-0.2, -0.15) is 21.0 Å². The highest BCUT2D eigenvalue weighted by molar-refractivity contribution is 6.00. The number of nitriles is 4. The van der Waals surface area contributed by atoms with Gasteiger partial charge >= 0.3 is 23.9 Å². The number of hydrogen-bond acceptors (Lipinski definition) is 10. The van der Waals surface area contributed by atoms with E-state index in [1.807, 2.05) is 12.1 Å². The van der Waals surface area contributed by atoms with Gasteiger partial charge in [-0.05, 0) is 39.5 Å². The molecule has 0 heterocycles. The summed E-state index contributed by atoms with van der Waals surface area (Å²) in [7, 11) is 0. The number of carboxylic acid groups (broad SMARTS) is 2. The Bertz CT molecular complexity index is 801. The summed E-state index contributed by atoms with van der Waals surface area (Å²) < 4.78 is 9.82. The van der Waals surface area contributed by atoms with E-state index in [1.54, 1.807) is 26.0 Å². The Morgan fingerprint density at radius 1 is 0.618 bits per heavy atom. The summed E-state index contributed by atoms with van der Waals surface area (Å²) in [6, 6.07) is 7.19. The fraction of sp³-hybridized carbons (Fsp3) is 0.636. The summed E-state index contributed by atoms with van der Waals surface area (Å²) >= 11 is 0. The lowest BCUT2D eigenvalue weighted by Gasteiger charge is -2.27. The molecule has 0 amide bonds. The van der Waals surface area contributed by atoms with Crippen molar-refractivity contribution in [1.29, 1.82) is 21.0 Å². The topological polar surface area (TPSA) is 222 Å². The van der Waals surface area contributed by atoms with E-state index in [-0.39, 0.29) is 64.6 Å². The van der Waals surface area contributed by atoms with Gasteiger partial charge in [0.2, 0.25) is 0 Å². The van der Waals surface area contributed by atoms with Crippen LogP contribution in [0.15, 0.2) is 0 Å². The SMILES string of the molecule is CCOC(=O)C(CCC#N)(CCC#N)C(=O)OCC.N#CCCC(CCC#N)(C(=O)O)C(=O)O. The van der Waals surface area contributed by atoms with Gasteiger partial charge in [-0.1, -0.05) is 0 Å². The molecule has 0 aliphatic rings. The van der Waals surface area contributed by atoms with Crippen molar-refractivity contribution in [2.24, 2.45) is 10.8 Å². The first-order valence-electron chi connectivity index (χ1n) is 10.4. The molecule has 2 N–H and O–H groups in total. The molecule has 34 heavy (non-hydrogen) atoms. The predicted molar refractivity (Wildman–Crippen MR) is 113 cm³/mol. The number of nitrogens with zero attached hydrogens (tertiary/aromatic N) is 4. The fourth-order valence-corrected chi connectivity index (χ4v) is 2.88. The Balaban J connectivity index is 0. The predicted octanol–water partition coefficient (Wildman–Crippen LogP) is 2.46. The van der Waals surface area contributed by atoms with Crippen molar-refractivity contribution in [2.45, 2.75) is 65.2 Å². The van der Waals surface area contributed by atoms with E-state index in [0.29, 0.717) is 0 Å². The molecule has 0 atom stereocenters. The zero-order valence-electron chi connectivity index (χ0n) is 19.2. The highest BCUT2D eigenvalue weighted by Gasteiger charge is 2.48. The van der Waals surface area contributed by atoms with Crippen LogP contribution in [0.2, 0.25) is 0 Å². The van der Waals surface area contributed by atoms with Gasteiger partial charge < -0.3 is 19.7 Å². The molecule has 12 heteroatoms. The van der Waals surface area contributed by atoms with Gasteiger partial charge in [-0.15, -0.1) is 0 Å². The maximum Gasteiger partial charge on any atom is 0.323 e. The minimum absolute atomic E-state index is 0.00282. The summed E-state index contributed by atoms with van der Waals surface area (Å²) in [5.74, 6) is -4.45. The van der Waals surface area contributed by atoms with Crippen LogP contribution >= 0.6 is 0 Å². The third-order valence-corrected chi connectivity index (χ3v) is 4.81. The molecule has 12 nitrogen and oxygen atoms in total. The number of aliphatic carboxylic acids is 2. The minimum atomic E-state index is -2.01. The Hall–Kier alpha value is -4.16. The van der Waals surface area contributed by atoms with Gasteiger partial charge in [0.05, 0.1) is 37.5 Å². The molecule has 0 radical (unpaired) electrons. The van der Waals surface area contributed by atoms with Crippen molar-refractivity contribution in [3.8, 4) is 24.3 Å². The molecule has 0 aromatic carbocycles. The molecule has 0 spiro atoms. The van der Waals surface area contributed by atoms with Crippen molar-refractivity contribution in [3.05, 3.63) is 0 Å². The summed E-state index contributed by atoms with van der Waals surface area (Å²) in [5.41, 5.74) is -3.55. The standard InChI is InChI=1S/C13H18N2O4.C9H10N2O4/c1-3-18-11(16)13(7-5-9-14,8-6-10-15)12(17)19-4-2;10-5-1-3-9(7(12)13,8(14)15)4-2-6-11/h3-8H2,1-2H3;1-4H2,(H,12,13)(H,14,15). The smallest absolute Gasteiger partial charge is 0.323 e. The van der Waals surface area contributed by atoms with E-state index in [9.17, 15) is 19.2 Å². The van der Waals surface area contributed by atoms with Crippen molar-refractivity contribution < 1.29 is 38.9 Å². The average Bonchev–Trinajstić information content (AvgIpc) is 2.80. The zero-order chi connectivity index (χ0) is 26.6. The van der Waals surface area contributed by atoms with E-state index >= 15 is 0 Å². The van der Waals surface area contributed by atoms with Gasteiger partial charge in [0, 0.05) is 25.7 Å². The molecular formula is C22H28N4O8. The van der Waals surface area contributed by atoms with Gasteiger partial charge in [0.1, 0.15) is 0 Å². The van der Waals surface area contributed by atoms with Crippen LogP contribution in [0.4, 0.5) is 0 Å². The van der Waals surface area contributed by atoms with Crippen molar-refractivity contribution in [1.82, 2.24) is 0 Å². The monoisotopic (exact) mass is 476 g/mol. The lowest BCUT2D eigenvalue weighted by Crippen LogP contribution is -2.42. The quantitative estimate of drug-likeness (QED) is 0.272. The largest absolute Gasteiger partial charge is 0.480 e. The van der Waals surface area contributed by atoms with E-state index in [4.69, 9.17) is 40.7 Å². The number of hydrogen-bond donors (Lipinski definition) is 2. The van der Waals surface area contributed by atoms with Crippen molar-refractivity contribution in [2.75, 3.05) is 13.2 Å². The zero-order valence-corrected chi connectivity index (χ0v) is 19.2. The maximum atomic E-state index is 12.1. The number of carbonyl (C=O) groups excluding carboxylic acids is 2. The molecule has 0 fully saturated rings. The summed E-state index contributed by atoms with van der Waals surface area (Å²) in [4.78, 5) is 45.9. The van der Waals surface area contributed by atoms with E-state index in [0.717, 1.165) is 0 Å². The Morgan fingerprint density at radius 3 is 1.09 bits per heavy atom. The van der Waals surface area contributed by atoms with Gasteiger partial charge in [-0.3, -0.25) is 19.2 Å². The lowest BCUT2D eigenvalue weighted by atomic mass is 9.79. The molecule has 0 saturated heterocycles. The Morgan fingerprint density at radius 2 is 0.882 bits per heavy atom. The number of rotatable bonds is 14. The van der Waals surface area contributed by atoms with Crippen LogP contribution in [0.3, 0.4) is 0 Å².